The highest BCUT2D eigenvalue weighted by atomic mass is 16.5. The Labute approximate surface area is 159 Å². The number of likely N-dealkylation sites (tertiary alicyclic amines) is 1. The fraction of sp³-hybridized carbons (Fsp3) is 0.737. The molecule has 4 heterocycles. The number of nitrogens with zero attached hydrogens (tertiary/aromatic N) is 5. The summed E-state index contributed by atoms with van der Waals surface area (Å²) in [5, 5.41) is 8.35. The van der Waals surface area contributed by atoms with E-state index in [-0.39, 0.29) is 0 Å². The summed E-state index contributed by atoms with van der Waals surface area (Å²) in [6.07, 6.45) is 9.15. The average molecular weight is 375 g/mol. The minimum Gasteiger partial charge on any atom is -0.381 e. The van der Waals surface area contributed by atoms with Gasteiger partial charge in [0.05, 0.1) is 18.9 Å². The number of hydrogen-bond donors (Lipinski definition) is 0. The highest BCUT2D eigenvalue weighted by Crippen LogP contribution is 2.25. The SMILES string of the molecule is Cn1cc(CN2CCC(OCCc3noc(C4CCOCC4)n3)CC2)cn1. The summed E-state index contributed by atoms with van der Waals surface area (Å²) in [5.74, 6) is 1.87. The zero-order chi connectivity index (χ0) is 18.5. The summed E-state index contributed by atoms with van der Waals surface area (Å²) in [4.78, 5) is 7.02. The molecular weight excluding hydrogens is 346 g/mol. The molecule has 0 amide bonds. The van der Waals surface area contributed by atoms with Gasteiger partial charge in [0.15, 0.2) is 5.82 Å². The van der Waals surface area contributed by atoms with Crippen LogP contribution in [0.25, 0.3) is 0 Å². The lowest BCUT2D eigenvalue weighted by Crippen LogP contribution is -2.36. The van der Waals surface area contributed by atoms with Crippen molar-refractivity contribution >= 4 is 0 Å². The third kappa shape index (κ3) is 5.15. The molecule has 2 aromatic heterocycles. The van der Waals surface area contributed by atoms with Crippen LogP contribution in [0, 0.1) is 0 Å². The van der Waals surface area contributed by atoms with Gasteiger partial charge in [0.25, 0.3) is 0 Å². The summed E-state index contributed by atoms with van der Waals surface area (Å²) in [6.45, 7) is 5.32. The Bertz CT molecular complexity index is 702. The molecule has 2 aromatic rings. The topological polar surface area (TPSA) is 78.4 Å². The zero-order valence-electron chi connectivity index (χ0n) is 16.0. The van der Waals surface area contributed by atoms with E-state index in [1.54, 1.807) is 0 Å². The van der Waals surface area contributed by atoms with E-state index in [1.807, 2.05) is 17.9 Å². The van der Waals surface area contributed by atoms with Crippen LogP contribution in [0.15, 0.2) is 16.9 Å². The molecule has 8 nitrogen and oxygen atoms in total. The minimum absolute atomic E-state index is 0.331. The second-order valence-electron chi connectivity index (χ2n) is 7.55. The lowest BCUT2D eigenvalue weighted by atomic mass is 10.0. The second kappa shape index (κ2) is 8.95. The van der Waals surface area contributed by atoms with Crippen LogP contribution in [0.3, 0.4) is 0 Å². The Balaban J connectivity index is 1.15. The van der Waals surface area contributed by atoms with Crippen molar-refractivity contribution in [2.75, 3.05) is 32.9 Å². The number of rotatable bonds is 7. The molecule has 27 heavy (non-hydrogen) atoms. The van der Waals surface area contributed by atoms with Crippen molar-refractivity contribution in [3.63, 3.8) is 0 Å². The molecular formula is C19H29N5O3. The molecule has 148 valence electrons. The van der Waals surface area contributed by atoms with Gasteiger partial charge in [-0.2, -0.15) is 10.1 Å². The van der Waals surface area contributed by atoms with Crippen molar-refractivity contribution < 1.29 is 14.0 Å². The van der Waals surface area contributed by atoms with E-state index in [0.717, 1.165) is 70.2 Å². The molecule has 8 heteroatoms. The molecule has 2 aliphatic rings. The molecule has 0 aliphatic carbocycles. The molecule has 0 bridgehead atoms. The summed E-state index contributed by atoms with van der Waals surface area (Å²) < 4.78 is 18.7. The van der Waals surface area contributed by atoms with Crippen molar-refractivity contribution in [1.82, 2.24) is 24.8 Å². The van der Waals surface area contributed by atoms with Crippen LogP contribution in [0.4, 0.5) is 0 Å². The van der Waals surface area contributed by atoms with Crippen LogP contribution in [0.5, 0.6) is 0 Å². The lowest BCUT2D eigenvalue weighted by molar-refractivity contribution is 0.00676. The van der Waals surface area contributed by atoms with Crippen LogP contribution in [-0.2, 0) is 29.5 Å². The maximum Gasteiger partial charge on any atom is 0.229 e. The molecule has 0 aromatic carbocycles. The fourth-order valence-electron chi connectivity index (χ4n) is 3.84. The van der Waals surface area contributed by atoms with Crippen LogP contribution >= 0.6 is 0 Å². The van der Waals surface area contributed by atoms with Crippen molar-refractivity contribution in [2.24, 2.45) is 7.05 Å². The van der Waals surface area contributed by atoms with Crippen molar-refractivity contribution in [3.05, 3.63) is 29.7 Å². The van der Waals surface area contributed by atoms with Gasteiger partial charge in [-0.05, 0) is 25.7 Å². The first kappa shape index (κ1) is 18.6. The van der Waals surface area contributed by atoms with E-state index in [2.05, 4.69) is 26.3 Å². The average Bonchev–Trinajstić information content (AvgIpc) is 3.33. The number of ether oxygens (including phenoxy) is 2. The third-order valence-corrected chi connectivity index (χ3v) is 5.43. The Hall–Kier alpha value is -1.77. The van der Waals surface area contributed by atoms with E-state index < -0.39 is 0 Å². The molecule has 0 N–H and O–H groups in total. The van der Waals surface area contributed by atoms with E-state index in [1.165, 1.54) is 5.56 Å². The van der Waals surface area contributed by atoms with Gasteiger partial charge in [-0.25, -0.2) is 0 Å². The molecule has 2 saturated heterocycles. The van der Waals surface area contributed by atoms with Crippen LogP contribution < -0.4 is 0 Å². The zero-order valence-corrected chi connectivity index (χ0v) is 16.0. The Morgan fingerprint density at radius 3 is 2.74 bits per heavy atom. The fourth-order valence-corrected chi connectivity index (χ4v) is 3.84. The largest absolute Gasteiger partial charge is 0.381 e. The highest BCUT2D eigenvalue weighted by molar-refractivity contribution is 5.03. The molecule has 0 radical (unpaired) electrons. The normalized spacial score (nSPS) is 20.3. The molecule has 0 atom stereocenters. The summed E-state index contributed by atoms with van der Waals surface area (Å²) >= 11 is 0. The van der Waals surface area contributed by atoms with Gasteiger partial charge in [0.1, 0.15) is 0 Å². The summed E-state index contributed by atoms with van der Waals surface area (Å²) in [7, 11) is 1.96. The first-order chi connectivity index (χ1) is 13.3. The quantitative estimate of drug-likeness (QED) is 0.731. The van der Waals surface area contributed by atoms with Gasteiger partial charge in [0.2, 0.25) is 5.89 Å². The monoisotopic (exact) mass is 375 g/mol. The number of hydrogen-bond acceptors (Lipinski definition) is 7. The van der Waals surface area contributed by atoms with E-state index in [0.29, 0.717) is 25.0 Å². The van der Waals surface area contributed by atoms with Gasteiger partial charge in [-0.3, -0.25) is 9.58 Å². The van der Waals surface area contributed by atoms with Crippen LogP contribution in [-0.4, -0.2) is 63.8 Å². The maximum atomic E-state index is 6.06. The molecule has 0 saturated carbocycles. The van der Waals surface area contributed by atoms with E-state index in [9.17, 15) is 0 Å². The highest BCUT2D eigenvalue weighted by Gasteiger charge is 2.23. The minimum atomic E-state index is 0.331. The maximum absolute atomic E-state index is 6.06. The number of aromatic nitrogens is 4. The Kier molecular flexibility index (Phi) is 6.16. The Morgan fingerprint density at radius 2 is 2.00 bits per heavy atom. The van der Waals surface area contributed by atoms with Gasteiger partial charge in [-0.1, -0.05) is 5.16 Å². The predicted molar refractivity (Wildman–Crippen MR) is 98.3 cm³/mol. The molecule has 2 fully saturated rings. The molecule has 4 rings (SSSR count). The molecule has 2 aliphatic heterocycles. The van der Waals surface area contributed by atoms with Gasteiger partial charge >= 0.3 is 0 Å². The van der Waals surface area contributed by atoms with Crippen LogP contribution in [0.1, 0.15) is 48.9 Å². The standard InChI is InChI=1S/C19H29N5O3/c1-23-13-15(12-20-23)14-24-7-2-17(3-8-24)26-11-6-18-21-19(27-22-18)16-4-9-25-10-5-16/h12-13,16-17H,2-11,14H2,1H3. The molecule has 0 spiro atoms. The second-order valence-corrected chi connectivity index (χ2v) is 7.55. The van der Waals surface area contributed by atoms with E-state index >= 15 is 0 Å². The van der Waals surface area contributed by atoms with Crippen molar-refractivity contribution in [3.8, 4) is 0 Å². The molecule has 0 unspecified atom stereocenters. The smallest absolute Gasteiger partial charge is 0.229 e. The first-order valence-electron chi connectivity index (χ1n) is 9.98. The predicted octanol–water partition coefficient (Wildman–Crippen LogP) is 1.92. The first-order valence-corrected chi connectivity index (χ1v) is 9.98. The van der Waals surface area contributed by atoms with E-state index in [4.69, 9.17) is 14.0 Å². The summed E-state index contributed by atoms with van der Waals surface area (Å²) in [6, 6.07) is 0. The number of aryl methyl sites for hydroxylation is 1. The van der Waals surface area contributed by atoms with Crippen molar-refractivity contribution in [1.29, 1.82) is 0 Å². The lowest BCUT2D eigenvalue weighted by Gasteiger charge is -2.31. The number of piperidine rings is 1. The van der Waals surface area contributed by atoms with Crippen LogP contribution in [0.2, 0.25) is 0 Å². The third-order valence-electron chi connectivity index (χ3n) is 5.43. The van der Waals surface area contributed by atoms with Gasteiger partial charge in [0, 0.05) is 64.0 Å². The van der Waals surface area contributed by atoms with Crippen molar-refractivity contribution in [2.45, 2.75) is 50.7 Å². The van der Waals surface area contributed by atoms with Gasteiger partial charge < -0.3 is 14.0 Å². The van der Waals surface area contributed by atoms with Gasteiger partial charge in [-0.15, -0.1) is 0 Å². The summed E-state index contributed by atoms with van der Waals surface area (Å²) in [5.41, 5.74) is 1.27. The Morgan fingerprint density at radius 1 is 1.19 bits per heavy atom.